The lowest BCUT2D eigenvalue weighted by molar-refractivity contribution is 0.0443. The van der Waals surface area contributed by atoms with Crippen LogP contribution in [-0.4, -0.2) is 81.3 Å². The van der Waals surface area contributed by atoms with Crippen molar-refractivity contribution in [2.24, 2.45) is 5.73 Å². The minimum absolute atomic E-state index is 0.386. The SMILES string of the molecule is CCN(c1cc(C#CCN2CCOCC2)cc(C(N)=O)c1C)[C@H]1CC[C@H](N(C)C)CC1. The number of carbonyl (C=O) groups is 1. The van der Waals surface area contributed by atoms with E-state index in [1.165, 1.54) is 12.8 Å². The fraction of sp³-hybridized carbons (Fsp3) is 0.640. The van der Waals surface area contributed by atoms with E-state index in [0.29, 0.717) is 24.2 Å². The zero-order valence-corrected chi connectivity index (χ0v) is 19.6. The average Bonchev–Trinajstić information content (AvgIpc) is 2.77. The van der Waals surface area contributed by atoms with Gasteiger partial charge in [0.25, 0.3) is 0 Å². The Labute approximate surface area is 187 Å². The molecule has 6 nitrogen and oxygen atoms in total. The Balaban J connectivity index is 1.83. The van der Waals surface area contributed by atoms with Gasteiger partial charge in [0.1, 0.15) is 0 Å². The molecule has 1 aromatic carbocycles. The number of nitrogens with two attached hydrogens (primary N) is 1. The van der Waals surface area contributed by atoms with E-state index in [0.717, 1.165) is 62.5 Å². The third-order valence-electron chi connectivity index (χ3n) is 6.77. The molecule has 2 fully saturated rings. The van der Waals surface area contributed by atoms with E-state index in [-0.39, 0.29) is 5.91 Å². The van der Waals surface area contributed by atoms with E-state index in [1.54, 1.807) is 0 Å². The molecule has 0 unspecified atom stereocenters. The molecule has 1 aliphatic heterocycles. The van der Waals surface area contributed by atoms with Gasteiger partial charge in [-0.15, -0.1) is 0 Å². The van der Waals surface area contributed by atoms with Crippen LogP contribution in [-0.2, 0) is 4.74 Å². The van der Waals surface area contributed by atoms with Crippen LogP contribution < -0.4 is 10.6 Å². The smallest absolute Gasteiger partial charge is 0.249 e. The minimum atomic E-state index is -0.386. The first-order chi connectivity index (χ1) is 14.9. The van der Waals surface area contributed by atoms with Crippen molar-refractivity contribution >= 4 is 11.6 Å². The number of benzene rings is 1. The van der Waals surface area contributed by atoms with Crippen LogP contribution in [0, 0.1) is 18.8 Å². The molecule has 1 aromatic rings. The van der Waals surface area contributed by atoms with Gasteiger partial charge in [-0.3, -0.25) is 9.69 Å². The van der Waals surface area contributed by atoms with E-state index < -0.39 is 0 Å². The minimum Gasteiger partial charge on any atom is -0.379 e. The zero-order chi connectivity index (χ0) is 22.4. The number of carbonyl (C=O) groups excluding carboxylic acids is 1. The lowest BCUT2D eigenvalue weighted by Crippen LogP contribution is -2.42. The van der Waals surface area contributed by atoms with Gasteiger partial charge in [-0.05, 0) is 71.3 Å². The largest absolute Gasteiger partial charge is 0.379 e. The normalized spacial score (nSPS) is 22.1. The van der Waals surface area contributed by atoms with E-state index in [9.17, 15) is 4.79 Å². The Morgan fingerprint density at radius 1 is 1.16 bits per heavy atom. The summed E-state index contributed by atoms with van der Waals surface area (Å²) in [5.74, 6) is 6.18. The lowest BCUT2D eigenvalue weighted by Gasteiger charge is -2.40. The molecule has 31 heavy (non-hydrogen) atoms. The zero-order valence-electron chi connectivity index (χ0n) is 19.6. The second-order valence-electron chi connectivity index (χ2n) is 8.93. The number of primary amides is 1. The standard InChI is InChI=1S/C25H38N4O2/c1-5-29(22-10-8-21(9-11-22)27(3)4)24-18-20(17-23(19(24)2)25(26)30)7-6-12-28-13-15-31-16-14-28/h17-18,21-22H,5,8-16H2,1-4H3,(H2,26,30)/t21-,22-. The maximum absolute atomic E-state index is 12.2. The van der Waals surface area contributed by atoms with Crippen LogP contribution in [0.25, 0.3) is 0 Å². The lowest BCUT2D eigenvalue weighted by atomic mass is 9.88. The topological polar surface area (TPSA) is 62.0 Å². The molecule has 1 heterocycles. The summed E-state index contributed by atoms with van der Waals surface area (Å²) in [4.78, 5) is 19.3. The Morgan fingerprint density at radius 2 is 1.81 bits per heavy atom. The number of rotatable bonds is 6. The number of morpholine rings is 1. The fourth-order valence-electron chi connectivity index (χ4n) is 4.85. The molecule has 1 aliphatic carbocycles. The molecule has 2 aliphatic rings. The number of amides is 1. The predicted molar refractivity (Wildman–Crippen MR) is 127 cm³/mol. The molecule has 0 aromatic heterocycles. The Morgan fingerprint density at radius 3 is 2.39 bits per heavy atom. The maximum atomic E-state index is 12.2. The van der Waals surface area contributed by atoms with Gasteiger partial charge in [0.05, 0.1) is 19.8 Å². The van der Waals surface area contributed by atoms with Crippen molar-refractivity contribution in [1.29, 1.82) is 0 Å². The summed E-state index contributed by atoms with van der Waals surface area (Å²) in [6.45, 7) is 9.19. The molecule has 0 atom stereocenters. The average molecular weight is 427 g/mol. The number of hydrogen-bond acceptors (Lipinski definition) is 5. The van der Waals surface area contributed by atoms with Crippen molar-refractivity contribution in [3.05, 3.63) is 28.8 Å². The summed E-state index contributed by atoms with van der Waals surface area (Å²) in [5, 5.41) is 0. The molecule has 1 saturated heterocycles. The number of anilines is 1. The summed E-state index contributed by atoms with van der Waals surface area (Å²) in [5.41, 5.74) is 9.24. The summed E-state index contributed by atoms with van der Waals surface area (Å²) in [6.07, 6.45) is 4.73. The summed E-state index contributed by atoms with van der Waals surface area (Å²) >= 11 is 0. The second kappa shape index (κ2) is 11.0. The van der Waals surface area contributed by atoms with Crippen LogP contribution in [0.15, 0.2) is 12.1 Å². The highest BCUT2D eigenvalue weighted by Crippen LogP contribution is 2.32. The maximum Gasteiger partial charge on any atom is 0.249 e. The molecule has 0 spiro atoms. The van der Waals surface area contributed by atoms with Crippen LogP contribution in [0.2, 0.25) is 0 Å². The van der Waals surface area contributed by atoms with Gasteiger partial charge in [0.2, 0.25) is 5.91 Å². The van der Waals surface area contributed by atoms with Gasteiger partial charge in [-0.2, -0.15) is 0 Å². The molecular formula is C25H38N4O2. The van der Waals surface area contributed by atoms with Crippen LogP contribution in [0.4, 0.5) is 5.69 Å². The molecule has 1 saturated carbocycles. The molecule has 170 valence electrons. The van der Waals surface area contributed by atoms with Crippen LogP contribution in [0.5, 0.6) is 0 Å². The summed E-state index contributed by atoms with van der Waals surface area (Å²) in [7, 11) is 4.34. The van der Waals surface area contributed by atoms with Crippen LogP contribution in [0.1, 0.15) is 54.1 Å². The van der Waals surface area contributed by atoms with Crippen molar-refractivity contribution in [3.63, 3.8) is 0 Å². The summed E-state index contributed by atoms with van der Waals surface area (Å²) < 4.78 is 5.40. The number of nitrogens with zero attached hydrogens (tertiary/aromatic N) is 3. The monoisotopic (exact) mass is 426 g/mol. The van der Waals surface area contributed by atoms with E-state index in [4.69, 9.17) is 10.5 Å². The highest BCUT2D eigenvalue weighted by Gasteiger charge is 2.28. The molecule has 6 heteroatoms. The van der Waals surface area contributed by atoms with Crippen LogP contribution in [0.3, 0.4) is 0 Å². The van der Waals surface area contributed by atoms with Gasteiger partial charge in [0.15, 0.2) is 0 Å². The molecule has 1 amide bonds. The predicted octanol–water partition coefficient (Wildman–Crippen LogP) is 2.48. The summed E-state index contributed by atoms with van der Waals surface area (Å²) in [6, 6.07) is 5.15. The van der Waals surface area contributed by atoms with Gasteiger partial charge < -0.3 is 20.3 Å². The molecular weight excluding hydrogens is 388 g/mol. The van der Waals surface area contributed by atoms with Crippen molar-refractivity contribution in [2.75, 3.05) is 58.4 Å². The number of ether oxygens (including phenoxy) is 1. The van der Waals surface area contributed by atoms with Gasteiger partial charge in [-0.25, -0.2) is 0 Å². The molecule has 3 rings (SSSR count). The Bertz CT molecular complexity index is 813. The third kappa shape index (κ3) is 6.00. The van der Waals surface area contributed by atoms with Crippen molar-refractivity contribution in [2.45, 2.75) is 51.6 Å². The van der Waals surface area contributed by atoms with E-state index in [1.807, 2.05) is 13.0 Å². The highest BCUT2D eigenvalue weighted by atomic mass is 16.5. The van der Waals surface area contributed by atoms with Gasteiger partial charge in [0, 0.05) is 48.5 Å². The first-order valence-corrected chi connectivity index (χ1v) is 11.6. The highest BCUT2D eigenvalue weighted by molar-refractivity contribution is 5.96. The van der Waals surface area contributed by atoms with Gasteiger partial charge >= 0.3 is 0 Å². The molecule has 0 bridgehead atoms. The Hall–Kier alpha value is -2.07. The Kier molecular flexibility index (Phi) is 8.36. The second-order valence-corrected chi connectivity index (χ2v) is 8.93. The van der Waals surface area contributed by atoms with Crippen molar-refractivity contribution < 1.29 is 9.53 Å². The van der Waals surface area contributed by atoms with Crippen molar-refractivity contribution in [1.82, 2.24) is 9.80 Å². The van der Waals surface area contributed by atoms with Crippen LogP contribution >= 0.6 is 0 Å². The number of hydrogen-bond donors (Lipinski definition) is 1. The van der Waals surface area contributed by atoms with Crippen molar-refractivity contribution in [3.8, 4) is 11.8 Å². The first-order valence-electron chi connectivity index (χ1n) is 11.6. The first kappa shape index (κ1) is 23.6. The molecule has 2 N–H and O–H groups in total. The van der Waals surface area contributed by atoms with Gasteiger partial charge in [-0.1, -0.05) is 11.8 Å². The molecule has 0 radical (unpaired) electrons. The van der Waals surface area contributed by atoms with E-state index in [2.05, 4.69) is 53.6 Å². The van der Waals surface area contributed by atoms with E-state index >= 15 is 0 Å². The third-order valence-corrected chi connectivity index (χ3v) is 6.77. The fourth-order valence-corrected chi connectivity index (χ4v) is 4.85. The quantitative estimate of drug-likeness (QED) is 0.708.